The van der Waals surface area contributed by atoms with Crippen molar-refractivity contribution in [1.82, 2.24) is 9.78 Å². The number of Topliss-reactive ketones (excluding diaryl/α,β-unsaturated/α-hetero) is 1. The molecule has 0 spiro atoms. The summed E-state index contributed by atoms with van der Waals surface area (Å²) >= 11 is 1.06. The zero-order chi connectivity index (χ0) is 11.7. The van der Waals surface area contributed by atoms with Gasteiger partial charge in [-0.05, 0) is 13.0 Å². The second-order valence-corrected chi connectivity index (χ2v) is 4.10. The van der Waals surface area contributed by atoms with Crippen molar-refractivity contribution in [2.45, 2.75) is 6.92 Å². The number of thiophene rings is 1. The molecule has 0 bridgehead atoms. The van der Waals surface area contributed by atoms with Gasteiger partial charge in [-0.15, -0.1) is 11.3 Å². The first kappa shape index (κ1) is 10.5. The Morgan fingerprint density at radius 3 is 2.88 bits per heavy atom. The molecule has 0 amide bonds. The average Bonchev–Trinajstić information content (AvgIpc) is 2.86. The van der Waals surface area contributed by atoms with Gasteiger partial charge in [0.2, 0.25) is 0 Å². The average molecular weight is 237 g/mol. The summed E-state index contributed by atoms with van der Waals surface area (Å²) in [5, 5.41) is 15.1. The summed E-state index contributed by atoms with van der Waals surface area (Å²) in [6, 6.07) is 2.95. The van der Waals surface area contributed by atoms with E-state index in [1.807, 2.05) is 0 Å². The van der Waals surface area contributed by atoms with Gasteiger partial charge in [0.1, 0.15) is 0 Å². The summed E-state index contributed by atoms with van der Waals surface area (Å²) in [6.07, 6.45) is 3.12. The van der Waals surface area contributed by atoms with E-state index in [9.17, 15) is 14.9 Å². The van der Waals surface area contributed by atoms with Crippen LogP contribution in [0.1, 0.15) is 16.6 Å². The number of carbonyl (C=O) groups is 1. The molecule has 0 N–H and O–H groups in total. The third-order valence-corrected chi connectivity index (χ3v) is 3.16. The number of hydrogen-bond donors (Lipinski definition) is 0. The molecule has 0 aliphatic carbocycles. The molecule has 2 rings (SSSR count). The van der Waals surface area contributed by atoms with E-state index >= 15 is 0 Å². The van der Waals surface area contributed by atoms with E-state index < -0.39 is 4.92 Å². The molecule has 0 aliphatic heterocycles. The summed E-state index contributed by atoms with van der Waals surface area (Å²) in [4.78, 5) is 21.8. The van der Waals surface area contributed by atoms with Crippen molar-refractivity contribution < 1.29 is 9.72 Å². The molecule has 0 radical (unpaired) electrons. The molecule has 6 nitrogen and oxygen atoms in total. The van der Waals surface area contributed by atoms with E-state index in [-0.39, 0.29) is 11.5 Å². The first-order valence-corrected chi connectivity index (χ1v) is 5.20. The Hall–Kier alpha value is -2.02. The predicted octanol–water partition coefficient (Wildman–Crippen LogP) is 2.04. The van der Waals surface area contributed by atoms with E-state index in [0.717, 1.165) is 11.3 Å². The van der Waals surface area contributed by atoms with Crippen LogP contribution in [0.2, 0.25) is 0 Å². The molecule has 2 heterocycles. The second kappa shape index (κ2) is 3.86. The first-order chi connectivity index (χ1) is 7.59. The third kappa shape index (κ3) is 1.72. The van der Waals surface area contributed by atoms with Crippen LogP contribution >= 0.6 is 11.3 Å². The molecule has 0 aliphatic rings. The minimum absolute atomic E-state index is 0.0982. The summed E-state index contributed by atoms with van der Waals surface area (Å²) in [5.41, 5.74) is -0.0982. The molecule has 0 aromatic carbocycles. The zero-order valence-corrected chi connectivity index (χ0v) is 9.10. The van der Waals surface area contributed by atoms with Gasteiger partial charge in [0.05, 0.1) is 9.80 Å². The first-order valence-electron chi connectivity index (χ1n) is 4.39. The van der Waals surface area contributed by atoms with Crippen molar-refractivity contribution in [1.29, 1.82) is 0 Å². The maximum atomic E-state index is 11.2. The Morgan fingerprint density at radius 2 is 2.38 bits per heavy atom. The van der Waals surface area contributed by atoms with Crippen LogP contribution in [0.25, 0.3) is 5.00 Å². The molecule has 0 saturated carbocycles. The minimum Gasteiger partial charge on any atom is -0.294 e. The molecule has 82 valence electrons. The van der Waals surface area contributed by atoms with Crippen LogP contribution in [0.15, 0.2) is 24.5 Å². The van der Waals surface area contributed by atoms with Crippen LogP contribution in [0.4, 0.5) is 5.69 Å². The van der Waals surface area contributed by atoms with Gasteiger partial charge in [0, 0.05) is 18.5 Å². The third-order valence-electron chi connectivity index (χ3n) is 1.95. The van der Waals surface area contributed by atoms with Crippen molar-refractivity contribution in [3.05, 3.63) is 39.5 Å². The van der Waals surface area contributed by atoms with E-state index in [2.05, 4.69) is 5.10 Å². The smallest absolute Gasteiger partial charge is 0.294 e. The second-order valence-electron chi connectivity index (χ2n) is 3.06. The maximum absolute atomic E-state index is 11.2. The number of nitrogens with zero attached hydrogens (tertiary/aromatic N) is 3. The number of ketones is 1. The van der Waals surface area contributed by atoms with E-state index in [0.29, 0.717) is 9.88 Å². The number of carbonyl (C=O) groups excluding carboxylic acids is 1. The van der Waals surface area contributed by atoms with Crippen LogP contribution in [-0.4, -0.2) is 20.5 Å². The highest BCUT2D eigenvalue weighted by atomic mass is 32.1. The lowest BCUT2D eigenvalue weighted by Crippen LogP contribution is -1.95. The largest absolute Gasteiger partial charge is 0.306 e. The van der Waals surface area contributed by atoms with E-state index in [1.165, 1.54) is 23.9 Å². The van der Waals surface area contributed by atoms with Crippen molar-refractivity contribution in [2.75, 3.05) is 0 Å². The standard InChI is InChI=1S/C9H7N3O3S/c1-6(13)8-5-7(12(14)15)9(16-8)11-4-2-3-10-11/h2-5H,1H3. The molecule has 0 atom stereocenters. The fraction of sp³-hybridized carbons (Fsp3) is 0.111. The van der Waals surface area contributed by atoms with Gasteiger partial charge in [-0.25, -0.2) is 4.68 Å². The molecule has 2 aromatic heterocycles. The van der Waals surface area contributed by atoms with Gasteiger partial charge in [-0.1, -0.05) is 0 Å². The number of nitro groups is 1. The number of hydrogen-bond acceptors (Lipinski definition) is 5. The van der Waals surface area contributed by atoms with Gasteiger partial charge in [-0.3, -0.25) is 14.9 Å². The van der Waals surface area contributed by atoms with Gasteiger partial charge in [0.15, 0.2) is 10.8 Å². The van der Waals surface area contributed by atoms with Crippen LogP contribution in [-0.2, 0) is 0 Å². The lowest BCUT2D eigenvalue weighted by atomic mass is 10.3. The fourth-order valence-electron chi connectivity index (χ4n) is 1.23. The Bertz CT molecular complexity index is 544. The molecule has 2 aromatic rings. The molecule has 0 saturated heterocycles. The van der Waals surface area contributed by atoms with Gasteiger partial charge < -0.3 is 0 Å². The summed E-state index contributed by atoms with van der Waals surface area (Å²) in [7, 11) is 0. The van der Waals surface area contributed by atoms with Gasteiger partial charge in [-0.2, -0.15) is 5.10 Å². The highest BCUT2D eigenvalue weighted by Gasteiger charge is 2.22. The Labute approximate surface area is 94.3 Å². The van der Waals surface area contributed by atoms with E-state index in [4.69, 9.17) is 0 Å². The van der Waals surface area contributed by atoms with Crippen molar-refractivity contribution in [3.8, 4) is 5.00 Å². The highest BCUT2D eigenvalue weighted by molar-refractivity contribution is 7.17. The van der Waals surface area contributed by atoms with Crippen LogP contribution in [0, 0.1) is 10.1 Å². The lowest BCUT2D eigenvalue weighted by molar-refractivity contribution is -0.384. The van der Waals surface area contributed by atoms with Crippen molar-refractivity contribution in [3.63, 3.8) is 0 Å². The molecule has 0 fully saturated rings. The minimum atomic E-state index is -0.514. The molecular weight excluding hydrogens is 230 g/mol. The highest BCUT2D eigenvalue weighted by Crippen LogP contribution is 2.32. The summed E-state index contributed by atoms with van der Waals surface area (Å²) < 4.78 is 1.38. The zero-order valence-electron chi connectivity index (χ0n) is 8.28. The van der Waals surface area contributed by atoms with Gasteiger partial charge >= 0.3 is 5.69 Å². The lowest BCUT2D eigenvalue weighted by Gasteiger charge is -1.94. The van der Waals surface area contributed by atoms with Crippen molar-refractivity contribution in [2.24, 2.45) is 0 Å². The monoisotopic (exact) mass is 237 g/mol. The Balaban J connectivity index is 2.59. The maximum Gasteiger partial charge on any atom is 0.306 e. The molecule has 0 unspecified atom stereocenters. The topological polar surface area (TPSA) is 78.0 Å². The van der Waals surface area contributed by atoms with E-state index in [1.54, 1.807) is 12.3 Å². The van der Waals surface area contributed by atoms with Crippen molar-refractivity contribution >= 4 is 22.8 Å². The Morgan fingerprint density at radius 1 is 1.62 bits per heavy atom. The molecule has 16 heavy (non-hydrogen) atoms. The van der Waals surface area contributed by atoms with Crippen LogP contribution < -0.4 is 0 Å². The summed E-state index contributed by atoms with van der Waals surface area (Å²) in [6.45, 7) is 1.38. The molecular formula is C9H7N3O3S. The normalized spacial score (nSPS) is 10.3. The van der Waals surface area contributed by atoms with Gasteiger partial charge in [0.25, 0.3) is 0 Å². The quantitative estimate of drug-likeness (QED) is 0.465. The van der Waals surface area contributed by atoms with Crippen LogP contribution in [0.5, 0.6) is 0 Å². The Kier molecular flexibility index (Phi) is 2.53. The summed E-state index contributed by atoms with van der Waals surface area (Å²) in [5.74, 6) is -0.188. The van der Waals surface area contributed by atoms with Crippen LogP contribution in [0.3, 0.4) is 0 Å². The molecule has 7 heteroatoms. The number of aromatic nitrogens is 2. The number of rotatable bonds is 3. The SMILES string of the molecule is CC(=O)c1cc([N+](=O)[O-])c(-n2cccn2)s1. The fourth-order valence-corrected chi connectivity index (χ4v) is 2.19. The predicted molar refractivity (Wildman–Crippen MR) is 58.1 cm³/mol.